The van der Waals surface area contributed by atoms with Crippen molar-refractivity contribution < 1.29 is 28.9 Å². The summed E-state index contributed by atoms with van der Waals surface area (Å²) < 4.78 is 23.0. The first-order valence-electron chi connectivity index (χ1n) is 14.2. The second-order valence-corrected chi connectivity index (χ2v) is 11.1. The van der Waals surface area contributed by atoms with E-state index in [4.69, 9.17) is 21.4 Å². The summed E-state index contributed by atoms with van der Waals surface area (Å²) in [4.78, 5) is 26.9. The molecule has 0 aliphatic carbocycles. The van der Waals surface area contributed by atoms with E-state index in [1.807, 2.05) is 47.3 Å². The molecule has 1 fully saturated rings. The molecule has 44 heavy (non-hydrogen) atoms. The molecule has 0 unspecified atom stereocenters. The Hall–Kier alpha value is -4.74. The Bertz CT molecular complexity index is 1840. The molecule has 10 nitrogen and oxygen atoms in total. The molecule has 0 saturated carbocycles. The van der Waals surface area contributed by atoms with Gasteiger partial charge in [-0.3, -0.25) is 9.48 Å². The van der Waals surface area contributed by atoms with Crippen molar-refractivity contribution in [3.8, 4) is 22.6 Å². The van der Waals surface area contributed by atoms with Crippen molar-refractivity contribution in [2.24, 2.45) is 0 Å². The third-order valence-corrected chi connectivity index (χ3v) is 7.94. The van der Waals surface area contributed by atoms with Crippen LogP contribution in [0.4, 0.5) is 4.39 Å². The minimum absolute atomic E-state index is 0.0682. The lowest BCUT2D eigenvalue weighted by Gasteiger charge is -2.20. The van der Waals surface area contributed by atoms with Crippen molar-refractivity contribution in [2.45, 2.75) is 38.0 Å². The number of likely N-dealkylation sites (tertiary alicyclic amines) is 1. The minimum Gasteiger partial charge on any atom is -0.488 e. The molecule has 226 valence electrons. The highest BCUT2D eigenvalue weighted by atomic mass is 35.5. The maximum Gasteiger partial charge on any atom is 0.326 e. The molecule has 6 rings (SSSR count). The molecule has 2 atom stereocenters. The SMILES string of the molecule is O=C(O)[C@@H]1C[C@H](Oc2cccc(-c3cccc4nn(CCCCO)cc34)c2)CN1C(=O)c1cnn(-c2ccc(F)cc2Cl)c1. The third kappa shape index (κ3) is 6.01. The number of hydrogen-bond acceptors (Lipinski definition) is 6. The van der Waals surface area contributed by atoms with Crippen LogP contribution in [-0.4, -0.2) is 71.8 Å². The summed E-state index contributed by atoms with van der Waals surface area (Å²) in [6.07, 6.45) is 5.86. The number of ether oxygens (including phenoxy) is 1. The lowest BCUT2D eigenvalue weighted by atomic mass is 10.0. The van der Waals surface area contributed by atoms with Gasteiger partial charge in [0.25, 0.3) is 5.91 Å². The number of hydrogen-bond donors (Lipinski definition) is 2. The van der Waals surface area contributed by atoms with E-state index >= 15 is 0 Å². The number of fused-ring (bicyclic) bond motifs is 1. The summed E-state index contributed by atoms with van der Waals surface area (Å²) in [6, 6.07) is 16.2. The molecule has 2 aromatic heterocycles. The van der Waals surface area contributed by atoms with E-state index in [9.17, 15) is 19.1 Å². The first-order valence-corrected chi connectivity index (χ1v) is 14.6. The summed E-state index contributed by atoms with van der Waals surface area (Å²) in [5, 5.41) is 29.0. The van der Waals surface area contributed by atoms with Gasteiger partial charge in [0, 0.05) is 37.4 Å². The maximum atomic E-state index is 13.5. The van der Waals surface area contributed by atoms with Gasteiger partial charge < -0.3 is 19.8 Å². The van der Waals surface area contributed by atoms with Crippen LogP contribution in [0.25, 0.3) is 27.7 Å². The lowest BCUT2D eigenvalue weighted by Crippen LogP contribution is -2.40. The maximum absolute atomic E-state index is 13.5. The van der Waals surface area contributed by atoms with E-state index in [0.29, 0.717) is 24.4 Å². The van der Waals surface area contributed by atoms with Crippen LogP contribution in [0.2, 0.25) is 5.02 Å². The molecule has 1 aliphatic heterocycles. The zero-order valence-electron chi connectivity index (χ0n) is 23.5. The van der Waals surface area contributed by atoms with Crippen LogP contribution in [0, 0.1) is 5.82 Å². The average molecular weight is 618 g/mol. The highest BCUT2D eigenvalue weighted by Crippen LogP contribution is 2.32. The van der Waals surface area contributed by atoms with Crippen LogP contribution < -0.4 is 4.74 Å². The lowest BCUT2D eigenvalue weighted by molar-refractivity contribution is -0.141. The summed E-state index contributed by atoms with van der Waals surface area (Å²) in [6.45, 7) is 0.926. The molecule has 3 aromatic carbocycles. The highest BCUT2D eigenvalue weighted by molar-refractivity contribution is 6.32. The van der Waals surface area contributed by atoms with E-state index in [1.165, 1.54) is 34.1 Å². The average Bonchev–Trinajstić information content (AvgIpc) is 3.75. The van der Waals surface area contributed by atoms with Crippen molar-refractivity contribution in [1.82, 2.24) is 24.5 Å². The molecule has 0 bridgehead atoms. The number of nitrogens with zero attached hydrogens (tertiary/aromatic N) is 5. The first-order chi connectivity index (χ1) is 21.3. The summed E-state index contributed by atoms with van der Waals surface area (Å²) >= 11 is 6.14. The molecule has 3 heterocycles. The quantitative estimate of drug-likeness (QED) is 0.207. The molecule has 0 spiro atoms. The van der Waals surface area contributed by atoms with Gasteiger partial charge in [-0.25, -0.2) is 13.9 Å². The molecule has 2 N–H and O–H groups in total. The Balaban J connectivity index is 1.19. The molecular formula is C32H29ClFN5O5. The van der Waals surface area contributed by atoms with Gasteiger partial charge in [-0.15, -0.1) is 0 Å². The molecule has 5 aromatic rings. The van der Waals surface area contributed by atoms with Crippen molar-refractivity contribution >= 4 is 34.4 Å². The Labute approximate surface area is 256 Å². The normalized spacial score (nSPS) is 16.5. The number of unbranched alkanes of at least 4 members (excludes halogenated alkanes) is 1. The number of carbonyl (C=O) groups excluding carboxylic acids is 1. The van der Waals surface area contributed by atoms with E-state index in [-0.39, 0.29) is 30.2 Å². The number of aliphatic hydroxyl groups is 1. The van der Waals surface area contributed by atoms with Crippen LogP contribution in [0.3, 0.4) is 0 Å². The fourth-order valence-electron chi connectivity index (χ4n) is 5.51. The zero-order chi connectivity index (χ0) is 30.8. The second-order valence-electron chi connectivity index (χ2n) is 10.6. The van der Waals surface area contributed by atoms with Gasteiger partial charge in [0.2, 0.25) is 0 Å². The standard InChI is InChI=1S/C32H29ClFN5O5/c33-27-14-22(34)9-10-29(27)39-17-21(16-35-39)31(41)38-18-24(15-30(38)32(42)43)44-23-6-3-5-20(13-23)25-7-4-8-28-26(25)19-37(36-28)11-1-2-12-40/h3-10,13-14,16-17,19,24,30,40H,1-2,11-12,15,18H2,(H,42,43)/t24-,30-/m0/s1. The summed E-state index contributed by atoms with van der Waals surface area (Å²) in [5.74, 6) is -1.59. The number of carboxylic acid groups (broad SMARTS) is 1. The van der Waals surface area contributed by atoms with Gasteiger partial charge in [-0.1, -0.05) is 35.9 Å². The van der Waals surface area contributed by atoms with Crippen molar-refractivity contribution in [3.05, 3.63) is 95.7 Å². The van der Waals surface area contributed by atoms with Gasteiger partial charge in [-0.05, 0) is 60.4 Å². The van der Waals surface area contributed by atoms with Crippen LogP contribution in [-0.2, 0) is 11.3 Å². The van der Waals surface area contributed by atoms with E-state index in [0.717, 1.165) is 34.5 Å². The van der Waals surface area contributed by atoms with Crippen LogP contribution in [0.1, 0.15) is 29.6 Å². The van der Waals surface area contributed by atoms with E-state index in [1.54, 1.807) is 6.07 Å². The van der Waals surface area contributed by atoms with Crippen LogP contribution >= 0.6 is 11.6 Å². The number of benzene rings is 3. The predicted molar refractivity (Wildman–Crippen MR) is 162 cm³/mol. The smallest absolute Gasteiger partial charge is 0.326 e. The van der Waals surface area contributed by atoms with Crippen molar-refractivity contribution in [1.29, 1.82) is 0 Å². The van der Waals surface area contributed by atoms with E-state index < -0.39 is 29.8 Å². The molecule has 1 saturated heterocycles. The number of aromatic nitrogens is 4. The Morgan fingerprint density at radius 1 is 1.07 bits per heavy atom. The number of aliphatic hydroxyl groups excluding tert-OH is 1. The second kappa shape index (κ2) is 12.5. The molecule has 12 heteroatoms. The fourth-order valence-corrected chi connectivity index (χ4v) is 5.77. The topological polar surface area (TPSA) is 123 Å². The van der Waals surface area contributed by atoms with Gasteiger partial charge >= 0.3 is 5.97 Å². The molecule has 0 radical (unpaired) electrons. The monoisotopic (exact) mass is 617 g/mol. The van der Waals surface area contributed by atoms with E-state index in [2.05, 4.69) is 10.2 Å². The number of carboxylic acids is 1. The van der Waals surface area contributed by atoms with Crippen LogP contribution in [0.5, 0.6) is 5.75 Å². The van der Waals surface area contributed by atoms with Gasteiger partial charge in [0.05, 0.1) is 34.5 Å². The summed E-state index contributed by atoms with van der Waals surface area (Å²) in [7, 11) is 0. The molecule has 1 aliphatic rings. The van der Waals surface area contributed by atoms with Gasteiger partial charge in [0.1, 0.15) is 23.7 Å². The minimum atomic E-state index is -1.13. The van der Waals surface area contributed by atoms with Gasteiger partial charge in [-0.2, -0.15) is 10.2 Å². The Kier molecular flexibility index (Phi) is 8.32. The zero-order valence-corrected chi connectivity index (χ0v) is 24.3. The number of amides is 1. The number of halogens is 2. The van der Waals surface area contributed by atoms with Gasteiger partial charge in [0.15, 0.2) is 0 Å². The van der Waals surface area contributed by atoms with Crippen molar-refractivity contribution in [2.75, 3.05) is 13.2 Å². The Morgan fingerprint density at radius 2 is 1.91 bits per heavy atom. The first kappa shape index (κ1) is 29.3. The largest absolute Gasteiger partial charge is 0.488 e. The van der Waals surface area contributed by atoms with Crippen molar-refractivity contribution in [3.63, 3.8) is 0 Å². The number of carbonyl (C=O) groups is 2. The number of rotatable bonds is 10. The number of aliphatic carboxylic acids is 1. The predicted octanol–water partition coefficient (Wildman–Crippen LogP) is 5.20. The number of aryl methyl sites for hydroxylation is 1. The Morgan fingerprint density at radius 3 is 2.70 bits per heavy atom. The van der Waals surface area contributed by atoms with Crippen LogP contribution in [0.15, 0.2) is 79.3 Å². The third-order valence-electron chi connectivity index (χ3n) is 7.64. The molecular weight excluding hydrogens is 589 g/mol. The summed E-state index contributed by atoms with van der Waals surface area (Å²) in [5.41, 5.74) is 3.30. The highest BCUT2D eigenvalue weighted by Gasteiger charge is 2.41. The fraction of sp³-hybridized carbons (Fsp3) is 0.250. The molecule has 1 amide bonds.